The zero-order valence-corrected chi connectivity index (χ0v) is 39.4. The second-order valence-corrected chi connectivity index (χ2v) is 19.3. The minimum absolute atomic E-state index is 0.159. The predicted octanol–water partition coefficient (Wildman–Crippen LogP) is 16.0. The summed E-state index contributed by atoms with van der Waals surface area (Å²) >= 11 is 0. The van der Waals surface area contributed by atoms with E-state index in [9.17, 15) is 0 Å². The van der Waals surface area contributed by atoms with Gasteiger partial charge in [-0.25, -0.2) is 9.98 Å². The van der Waals surface area contributed by atoms with Crippen LogP contribution in [0.25, 0.3) is 88.4 Å². The van der Waals surface area contributed by atoms with E-state index < -0.39 is 6.17 Å². The van der Waals surface area contributed by atoms with E-state index in [0.29, 0.717) is 5.84 Å². The SMILES string of the molecule is CC1(C)c2ccccc2-c2ccc(C3=NC(c4ccc(-c5ccccc5)cc4)=NC(c4ccccc4-n4c5ccccc5c5c(-c6cccc7c6c6ccccc6n7-c6ccccc6)cccc54)N3)cc21. The number of nitrogens with zero attached hydrogens (tertiary/aromatic N) is 4. The number of hydrogen-bond acceptors (Lipinski definition) is 3. The molecule has 0 fully saturated rings. The molecule has 12 aromatic rings. The summed E-state index contributed by atoms with van der Waals surface area (Å²) in [5.74, 6) is 1.48. The van der Waals surface area contributed by atoms with Crippen LogP contribution in [-0.2, 0) is 5.41 Å². The number of para-hydroxylation sites is 4. The Bertz CT molecular complexity index is 4150. The third-order valence-electron chi connectivity index (χ3n) is 15.0. The number of rotatable bonds is 7. The molecule has 10 aromatic carbocycles. The molecular weight excluding hydrogens is 863 g/mol. The van der Waals surface area contributed by atoms with Crippen LogP contribution in [0.3, 0.4) is 0 Å². The van der Waals surface area contributed by atoms with Gasteiger partial charge in [-0.2, -0.15) is 0 Å². The van der Waals surface area contributed by atoms with E-state index in [4.69, 9.17) is 9.98 Å². The van der Waals surface area contributed by atoms with Gasteiger partial charge in [0.15, 0.2) is 5.84 Å². The lowest BCUT2D eigenvalue weighted by Crippen LogP contribution is -2.34. The van der Waals surface area contributed by atoms with Crippen molar-refractivity contribution in [1.82, 2.24) is 14.5 Å². The Balaban J connectivity index is 0.944. The molecule has 1 aliphatic heterocycles. The third kappa shape index (κ3) is 6.40. The average molecular weight is 910 g/mol. The summed E-state index contributed by atoms with van der Waals surface area (Å²) in [6.45, 7) is 4.66. The number of fused-ring (bicyclic) bond motifs is 9. The van der Waals surface area contributed by atoms with Crippen LogP contribution < -0.4 is 5.32 Å². The summed E-state index contributed by atoms with van der Waals surface area (Å²) in [4.78, 5) is 10.9. The van der Waals surface area contributed by atoms with Gasteiger partial charge in [-0.1, -0.05) is 202 Å². The van der Waals surface area contributed by atoms with Gasteiger partial charge in [0.05, 0.1) is 27.8 Å². The second-order valence-electron chi connectivity index (χ2n) is 19.3. The fourth-order valence-electron chi connectivity index (χ4n) is 11.7. The minimum Gasteiger partial charge on any atom is -0.344 e. The molecule has 1 N–H and O–H groups in total. The van der Waals surface area contributed by atoms with E-state index in [1.54, 1.807) is 0 Å². The normalized spacial score (nSPS) is 14.9. The Kier molecular flexibility index (Phi) is 9.24. The van der Waals surface area contributed by atoms with Crippen molar-refractivity contribution in [1.29, 1.82) is 0 Å². The van der Waals surface area contributed by atoms with Crippen LogP contribution in [0.15, 0.2) is 247 Å². The highest BCUT2D eigenvalue weighted by Crippen LogP contribution is 2.49. The van der Waals surface area contributed by atoms with Gasteiger partial charge in [0, 0.05) is 49.3 Å². The van der Waals surface area contributed by atoms with Crippen molar-refractivity contribution in [3.8, 4) is 44.8 Å². The lowest BCUT2D eigenvalue weighted by Gasteiger charge is -2.27. The van der Waals surface area contributed by atoms with Gasteiger partial charge < -0.3 is 14.5 Å². The van der Waals surface area contributed by atoms with E-state index in [2.05, 4.69) is 265 Å². The second kappa shape index (κ2) is 16.0. The van der Waals surface area contributed by atoms with Gasteiger partial charge in [-0.3, -0.25) is 0 Å². The number of aliphatic imine (C=N–C) groups is 2. The largest absolute Gasteiger partial charge is 0.344 e. The first-order chi connectivity index (χ1) is 35.0. The highest BCUT2D eigenvalue weighted by Gasteiger charge is 2.36. The average Bonchev–Trinajstić information content (AvgIpc) is 4.04. The van der Waals surface area contributed by atoms with Crippen LogP contribution in [0, 0.1) is 0 Å². The molecule has 0 radical (unpaired) electrons. The molecule has 5 nitrogen and oxygen atoms in total. The van der Waals surface area contributed by atoms with Crippen molar-refractivity contribution >= 4 is 55.3 Å². The van der Waals surface area contributed by atoms with Crippen LogP contribution in [-0.4, -0.2) is 20.8 Å². The summed E-state index contributed by atoms with van der Waals surface area (Å²) in [6, 6.07) is 85.5. The van der Waals surface area contributed by atoms with Crippen molar-refractivity contribution in [2.75, 3.05) is 0 Å². The molecule has 5 heteroatoms. The Labute approximate surface area is 412 Å². The number of nitrogens with one attached hydrogen (secondary N) is 1. The summed E-state index contributed by atoms with van der Waals surface area (Å²) in [7, 11) is 0. The number of amidine groups is 2. The molecule has 14 rings (SSSR count). The highest BCUT2D eigenvalue weighted by molar-refractivity contribution is 6.22. The maximum atomic E-state index is 5.52. The molecule has 1 atom stereocenters. The summed E-state index contributed by atoms with van der Waals surface area (Å²) in [5, 5.41) is 8.78. The number of benzene rings is 10. The van der Waals surface area contributed by atoms with Crippen molar-refractivity contribution in [3.63, 3.8) is 0 Å². The van der Waals surface area contributed by atoms with Gasteiger partial charge in [-0.05, 0) is 93.0 Å². The molecule has 1 aliphatic carbocycles. The Morgan fingerprint density at radius 2 is 0.930 bits per heavy atom. The van der Waals surface area contributed by atoms with E-state index in [1.807, 2.05) is 0 Å². The van der Waals surface area contributed by atoms with Gasteiger partial charge in [0.1, 0.15) is 12.0 Å². The molecule has 71 heavy (non-hydrogen) atoms. The number of hydrogen-bond donors (Lipinski definition) is 1. The van der Waals surface area contributed by atoms with Gasteiger partial charge in [0.2, 0.25) is 0 Å². The van der Waals surface area contributed by atoms with Crippen LogP contribution in [0.1, 0.15) is 47.8 Å². The monoisotopic (exact) mass is 909 g/mol. The number of aromatic nitrogens is 2. The smallest absolute Gasteiger partial charge is 0.159 e. The van der Waals surface area contributed by atoms with Crippen molar-refractivity contribution in [2.45, 2.75) is 25.4 Å². The summed E-state index contributed by atoms with van der Waals surface area (Å²) < 4.78 is 4.85. The fourth-order valence-corrected chi connectivity index (χ4v) is 11.7. The molecule has 0 saturated heterocycles. The van der Waals surface area contributed by atoms with Crippen molar-refractivity contribution < 1.29 is 0 Å². The third-order valence-corrected chi connectivity index (χ3v) is 15.0. The van der Waals surface area contributed by atoms with E-state index in [0.717, 1.165) is 50.5 Å². The zero-order valence-electron chi connectivity index (χ0n) is 39.4. The molecule has 336 valence electrons. The lowest BCUT2D eigenvalue weighted by atomic mass is 9.82. The molecular formula is C66H47N5. The molecule has 3 heterocycles. The van der Waals surface area contributed by atoms with Crippen molar-refractivity contribution in [2.24, 2.45) is 9.98 Å². The Morgan fingerprint density at radius 3 is 1.66 bits per heavy atom. The Morgan fingerprint density at radius 1 is 0.408 bits per heavy atom. The van der Waals surface area contributed by atoms with Crippen LogP contribution in [0.4, 0.5) is 0 Å². The first kappa shape index (κ1) is 41.0. The Hall–Kier alpha value is -9.06. The van der Waals surface area contributed by atoms with E-state index in [-0.39, 0.29) is 5.41 Å². The lowest BCUT2D eigenvalue weighted by molar-refractivity contribution is 0.658. The standard InChI is InChI=1S/C66H47N5/c1-66(2)54-29-13-9-23-47(54)48-40-39-45(41-55(48)66)64-67-63(44-37-35-43(36-38-44)42-19-5-3-6-20-42)68-65(69-64)53-26-12-16-32-58(53)71-57-31-15-11-25-52(57)62-50(28-18-34-60(62)71)49-27-17-33-59-61(49)51-24-10-14-30-56(51)70(59)46-21-7-4-8-22-46/h3-41,65H,1-2H3,(H,67,68,69). The molecule has 2 aliphatic rings. The van der Waals surface area contributed by atoms with Gasteiger partial charge >= 0.3 is 0 Å². The predicted molar refractivity (Wildman–Crippen MR) is 295 cm³/mol. The maximum Gasteiger partial charge on any atom is 0.159 e. The molecule has 2 aromatic heterocycles. The highest BCUT2D eigenvalue weighted by atomic mass is 15.2. The van der Waals surface area contributed by atoms with Crippen LogP contribution in [0.2, 0.25) is 0 Å². The zero-order chi connectivity index (χ0) is 47.2. The quantitative estimate of drug-likeness (QED) is 0.170. The maximum absolute atomic E-state index is 5.52. The molecule has 0 bridgehead atoms. The first-order valence-corrected chi connectivity index (χ1v) is 24.5. The van der Waals surface area contributed by atoms with Crippen LogP contribution >= 0.6 is 0 Å². The van der Waals surface area contributed by atoms with Gasteiger partial charge in [0.25, 0.3) is 0 Å². The molecule has 0 amide bonds. The van der Waals surface area contributed by atoms with Crippen molar-refractivity contribution in [3.05, 3.63) is 264 Å². The van der Waals surface area contributed by atoms with Gasteiger partial charge in [-0.15, -0.1) is 0 Å². The molecule has 1 unspecified atom stereocenters. The van der Waals surface area contributed by atoms with E-state index in [1.165, 1.54) is 71.5 Å². The molecule has 0 spiro atoms. The fraction of sp³-hybridized carbons (Fsp3) is 0.0606. The summed E-state index contributed by atoms with van der Waals surface area (Å²) in [5.41, 5.74) is 19.7. The molecule has 0 saturated carbocycles. The topological polar surface area (TPSA) is 46.6 Å². The van der Waals surface area contributed by atoms with Crippen LogP contribution in [0.5, 0.6) is 0 Å². The minimum atomic E-state index is -0.460. The first-order valence-electron chi connectivity index (χ1n) is 24.5. The summed E-state index contributed by atoms with van der Waals surface area (Å²) in [6.07, 6.45) is -0.460. The van der Waals surface area contributed by atoms with E-state index >= 15 is 0 Å².